The lowest BCUT2D eigenvalue weighted by atomic mass is 10.1. The maximum atomic E-state index is 11.1. The van der Waals surface area contributed by atoms with Gasteiger partial charge >= 0.3 is 5.97 Å². The number of halogens is 1. The Morgan fingerprint density at radius 1 is 1.36 bits per heavy atom. The van der Waals surface area contributed by atoms with Gasteiger partial charge in [-0.2, -0.15) is 0 Å². The molecule has 2 nitrogen and oxygen atoms in total. The summed E-state index contributed by atoms with van der Waals surface area (Å²) < 4.78 is 6.06. The van der Waals surface area contributed by atoms with Crippen LogP contribution >= 0.6 is 22.6 Å². The van der Waals surface area contributed by atoms with Crippen LogP contribution in [0.1, 0.15) is 18.9 Å². The second-order valence-electron chi connectivity index (χ2n) is 2.93. The molecule has 3 heteroatoms. The third-order valence-electron chi connectivity index (χ3n) is 1.84. The van der Waals surface area contributed by atoms with Crippen molar-refractivity contribution in [1.82, 2.24) is 0 Å². The Bertz CT molecular complexity index is 293. The summed E-state index contributed by atoms with van der Waals surface area (Å²) in [7, 11) is 0. The van der Waals surface area contributed by atoms with E-state index in [-0.39, 0.29) is 5.97 Å². The molecule has 0 saturated carbocycles. The molecule has 0 aliphatic rings. The van der Waals surface area contributed by atoms with Gasteiger partial charge in [0.1, 0.15) is 0 Å². The van der Waals surface area contributed by atoms with Gasteiger partial charge in [0.2, 0.25) is 0 Å². The van der Waals surface area contributed by atoms with Gasteiger partial charge in [-0.15, -0.1) is 0 Å². The van der Waals surface area contributed by atoms with Gasteiger partial charge in [-0.25, -0.2) is 0 Å². The van der Waals surface area contributed by atoms with Crippen molar-refractivity contribution in [3.8, 4) is 0 Å². The first-order valence-electron chi connectivity index (χ1n) is 4.62. The summed E-state index contributed by atoms with van der Waals surface area (Å²) in [5.41, 5.74) is 1.18. The number of carbonyl (C=O) groups is 1. The highest BCUT2D eigenvalue weighted by molar-refractivity contribution is 14.1. The lowest BCUT2D eigenvalue weighted by molar-refractivity contribution is -0.143. The second kappa shape index (κ2) is 6.01. The second-order valence-corrected chi connectivity index (χ2v) is 4.18. The minimum atomic E-state index is -0.119. The standard InChI is InChI=1S/C11H13IO2/c1-2-14-11(13)8-5-9-3-6-10(12)7-4-9/h3-4,6-7H,2,5,8H2,1H3. The summed E-state index contributed by atoms with van der Waals surface area (Å²) in [6.45, 7) is 2.29. The van der Waals surface area contributed by atoms with E-state index in [2.05, 4.69) is 22.6 Å². The number of ether oxygens (including phenoxy) is 1. The maximum absolute atomic E-state index is 11.1. The van der Waals surface area contributed by atoms with E-state index in [9.17, 15) is 4.79 Å². The first-order valence-corrected chi connectivity index (χ1v) is 5.70. The zero-order valence-electron chi connectivity index (χ0n) is 8.13. The van der Waals surface area contributed by atoms with Crippen LogP contribution in [0.2, 0.25) is 0 Å². The van der Waals surface area contributed by atoms with E-state index in [1.165, 1.54) is 9.13 Å². The summed E-state index contributed by atoms with van der Waals surface area (Å²) in [5, 5.41) is 0. The fraction of sp³-hybridized carbons (Fsp3) is 0.364. The molecule has 76 valence electrons. The molecule has 0 saturated heterocycles. The number of rotatable bonds is 4. The highest BCUT2D eigenvalue weighted by Crippen LogP contribution is 2.08. The van der Waals surface area contributed by atoms with Gasteiger partial charge in [-0.1, -0.05) is 12.1 Å². The SMILES string of the molecule is CCOC(=O)CCc1ccc(I)cc1. The fourth-order valence-corrected chi connectivity index (χ4v) is 1.49. The average molecular weight is 304 g/mol. The zero-order valence-corrected chi connectivity index (χ0v) is 10.3. The van der Waals surface area contributed by atoms with Crippen molar-refractivity contribution in [3.05, 3.63) is 33.4 Å². The smallest absolute Gasteiger partial charge is 0.306 e. The number of aryl methyl sites for hydroxylation is 1. The summed E-state index contributed by atoms with van der Waals surface area (Å²) in [5.74, 6) is -0.119. The summed E-state index contributed by atoms with van der Waals surface area (Å²) in [4.78, 5) is 11.1. The molecular formula is C11H13IO2. The van der Waals surface area contributed by atoms with Crippen molar-refractivity contribution in [2.24, 2.45) is 0 Å². The largest absolute Gasteiger partial charge is 0.466 e. The predicted octanol–water partition coefficient (Wildman–Crippen LogP) is 2.79. The van der Waals surface area contributed by atoms with Crippen LogP contribution in [0.4, 0.5) is 0 Å². The van der Waals surface area contributed by atoms with E-state index in [0.717, 1.165) is 6.42 Å². The van der Waals surface area contributed by atoms with Crippen molar-refractivity contribution in [2.75, 3.05) is 6.61 Å². The summed E-state index contributed by atoms with van der Waals surface area (Å²) in [6.07, 6.45) is 1.23. The molecule has 0 amide bonds. The van der Waals surface area contributed by atoms with Crippen molar-refractivity contribution < 1.29 is 9.53 Å². The topological polar surface area (TPSA) is 26.3 Å². The van der Waals surface area contributed by atoms with Gasteiger partial charge in [-0.3, -0.25) is 4.79 Å². The van der Waals surface area contributed by atoms with Crippen molar-refractivity contribution >= 4 is 28.6 Å². The van der Waals surface area contributed by atoms with Crippen LogP contribution < -0.4 is 0 Å². The molecule has 0 unspecified atom stereocenters. The Morgan fingerprint density at radius 2 is 2.00 bits per heavy atom. The third-order valence-corrected chi connectivity index (χ3v) is 2.56. The van der Waals surface area contributed by atoms with Crippen molar-refractivity contribution in [3.63, 3.8) is 0 Å². The molecule has 0 fully saturated rings. The lowest BCUT2D eigenvalue weighted by Gasteiger charge is -2.02. The summed E-state index contributed by atoms with van der Waals surface area (Å²) >= 11 is 2.26. The average Bonchev–Trinajstić information content (AvgIpc) is 2.17. The molecule has 0 aliphatic carbocycles. The molecule has 0 N–H and O–H groups in total. The molecule has 1 aromatic carbocycles. The van der Waals surface area contributed by atoms with E-state index >= 15 is 0 Å². The number of hydrogen-bond acceptors (Lipinski definition) is 2. The van der Waals surface area contributed by atoms with Crippen molar-refractivity contribution in [1.29, 1.82) is 0 Å². The van der Waals surface area contributed by atoms with Gasteiger partial charge < -0.3 is 4.74 Å². The number of benzene rings is 1. The van der Waals surface area contributed by atoms with Crippen LogP contribution in [0.15, 0.2) is 24.3 Å². The van der Waals surface area contributed by atoms with E-state index in [1.54, 1.807) is 0 Å². The van der Waals surface area contributed by atoms with Crippen LogP contribution in [-0.4, -0.2) is 12.6 Å². The molecular weight excluding hydrogens is 291 g/mol. The third kappa shape index (κ3) is 4.09. The van der Waals surface area contributed by atoms with Gasteiger partial charge in [0.25, 0.3) is 0 Å². The van der Waals surface area contributed by atoms with Gasteiger partial charge in [0.05, 0.1) is 6.61 Å². The van der Waals surface area contributed by atoms with E-state index in [0.29, 0.717) is 13.0 Å². The number of esters is 1. The Balaban J connectivity index is 2.38. The minimum absolute atomic E-state index is 0.119. The molecule has 0 aromatic heterocycles. The molecule has 1 rings (SSSR count). The highest BCUT2D eigenvalue weighted by atomic mass is 127. The lowest BCUT2D eigenvalue weighted by Crippen LogP contribution is -2.05. The zero-order chi connectivity index (χ0) is 10.4. The quantitative estimate of drug-likeness (QED) is 0.631. The van der Waals surface area contributed by atoms with E-state index in [4.69, 9.17) is 4.74 Å². The monoisotopic (exact) mass is 304 g/mol. The number of hydrogen-bond donors (Lipinski definition) is 0. The van der Waals surface area contributed by atoms with Crippen LogP contribution in [0.3, 0.4) is 0 Å². The van der Waals surface area contributed by atoms with Crippen LogP contribution in [0.25, 0.3) is 0 Å². The molecule has 0 aliphatic heterocycles. The fourth-order valence-electron chi connectivity index (χ4n) is 1.13. The van der Waals surface area contributed by atoms with Crippen molar-refractivity contribution in [2.45, 2.75) is 19.8 Å². The van der Waals surface area contributed by atoms with Gasteiger partial charge in [-0.05, 0) is 53.6 Å². The van der Waals surface area contributed by atoms with Gasteiger partial charge in [0.15, 0.2) is 0 Å². The Kier molecular flexibility index (Phi) is 4.93. The molecule has 0 bridgehead atoms. The first kappa shape index (κ1) is 11.5. The Morgan fingerprint density at radius 3 is 2.57 bits per heavy atom. The van der Waals surface area contributed by atoms with E-state index < -0.39 is 0 Å². The predicted molar refractivity (Wildman–Crippen MR) is 64.1 cm³/mol. The van der Waals surface area contributed by atoms with Gasteiger partial charge in [0, 0.05) is 9.99 Å². The molecule has 0 atom stereocenters. The first-order chi connectivity index (χ1) is 6.72. The van der Waals surface area contributed by atoms with Crippen LogP contribution in [-0.2, 0) is 16.0 Å². The van der Waals surface area contributed by atoms with E-state index in [1.807, 2.05) is 31.2 Å². The Labute approximate surface area is 97.8 Å². The summed E-state index contributed by atoms with van der Waals surface area (Å²) in [6, 6.07) is 8.17. The Hall–Kier alpha value is -0.580. The molecule has 0 heterocycles. The van der Waals surface area contributed by atoms with Crippen LogP contribution in [0, 0.1) is 3.57 Å². The maximum Gasteiger partial charge on any atom is 0.306 e. The highest BCUT2D eigenvalue weighted by Gasteiger charge is 2.01. The minimum Gasteiger partial charge on any atom is -0.466 e. The van der Waals surface area contributed by atoms with Crippen LogP contribution in [0.5, 0.6) is 0 Å². The normalized spacial score (nSPS) is 9.86. The molecule has 1 aromatic rings. The number of carbonyl (C=O) groups excluding carboxylic acids is 1. The molecule has 0 radical (unpaired) electrons. The molecule has 0 spiro atoms. The molecule has 14 heavy (non-hydrogen) atoms.